The van der Waals surface area contributed by atoms with Gasteiger partial charge >= 0.3 is 0 Å². The van der Waals surface area contributed by atoms with Crippen LogP contribution < -0.4 is 10.6 Å². The molecule has 0 aliphatic heterocycles. The summed E-state index contributed by atoms with van der Waals surface area (Å²) in [5, 5.41) is 6.22. The number of carbonyl (C=O) groups is 1. The quantitative estimate of drug-likeness (QED) is 0.477. The van der Waals surface area contributed by atoms with Crippen LogP contribution in [0.5, 0.6) is 0 Å². The Kier molecular flexibility index (Phi) is 5.67. The maximum Gasteiger partial charge on any atom is 0.253 e. The van der Waals surface area contributed by atoms with Crippen molar-refractivity contribution in [3.05, 3.63) is 108 Å². The number of oxazole rings is 1. The molecule has 0 fully saturated rings. The van der Waals surface area contributed by atoms with Crippen LogP contribution in [0.2, 0.25) is 0 Å². The first-order valence-corrected chi connectivity index (χ1v) is 9.45. The van der Waals surface area contributed by atoms with E-state index in [1.54, 1.807) is 12.3 Å². The second kappa shape index (κ2) is 8.89. The maximum absolute atomic E-state index is 12.6. The van der Waals surface area contributed by atoms with Gasteiger partial charge in [-0.25, -0.2) is 4.98 Å². The topological polar surface area (TPSA) is 67.2 Å². The summed E-state index contributed by atoms with van der Waals surface area (Å²) >= 11 is 0. The summed E-state index contributed by atoms with van der Waals surface area (Å²) in [7, 11) is 0. The van der Waals surface area contributed by atoms with Crippen molar-refractivity contribution in [1.82, 2.24) is 10.3 Å². The summed E-state index contributed by atoms with van der Waals surface area (Å²) in [6.07, 6.45) is 1.71. The minimum absolute atomic E-state index is 0.130. The molecule has 4 aromatic rings. The zero-order valence-corrected chi connectivity index (χ0v) is 15.8. The molecular weight excluding hydrogens is 362 g/mol. The van der Waals surface area contributed by atoms with E-state index in [1.165, 1.54) is 0 Å². The molecule has 0 saturated heterocycles. The number of amides is 1. The van der Waals surface area contributed by atoms with Gasteiger partial charge < -0.3 is 15.1 Å². The van der Waals surface area contributed by atoms with Gasteiger partial charge in [-0.15, -0.1) is 0 Å². The first kappa shape index (κ1) is 18.5. The monoisotopic (exact) mass is 383 g/mol. The number of rotatable bonds is 7. The van der Waals surface area contributed by atoms with Gasteiger partial charge in [0, 0.05) is 17.8 Å². The van der Waals surface area contributed by atoms with Crippen molar-refractivity contribution in [3.63, 3.8) is 0 Å². The standard InChI is InChI=1S/C24H21N3O2/c28-24(27-15-18-9-3-1-4-10-18)20-13-7-8-14-21(20)25-17-23-26-16-22(29-23)19-11-5-2-6-12-19/h1-14,16,25H,15,17H2,(H,27,28). The lowest BCUT2D eigenvalue weighted by atomic mass is 10.1. The largest absolute Gasteiger partial charge is 0.439 e. The van der Waals surface area contributed by atoms with Gasteiger partial charge in [-0.2, -0.15) is 0 Å². The molecule has 0 spiro atoms. The summed E-state index contributed by atoms with van der Waals surface area (Å²) in [5.41, 5.74) is 3.35. The highest BCUT2D eigenvalue weighted by Crippen LogP contribution is 2.21. The van der Waals surface area contributed by atoms with Crippen LogP contribution in [0.1, 0.15) is 21.8 Å². The number of carbonyl (C=O) groups excluding carboxylic acids is 1. The van der Waals surface area contributed by atoms with Crippen LogP contribution in [0, 0.1) is 0 Å². The predicted molar refractivity (Wildman–Crippen MR) is 113 cm³/mol. The third-order valence-corrected chi connectivity index (χ3v) is 4.51. The van der Waals surface area contributed by atoms with E-state index in [4.69, 9.17) is 4.42 Å². The molecular formula is C24H21N3O2. The van der Waals surface area contributed by atoms with Gasteiger partial charge in [-0.1, -0.05) is 72.8 Å². The predicted octanol–water partition coefficient (Wildman–Crippen LogP) is 4.88. The molecule has 1 heterocycles. The van der Waals surface area contributed by atoms with Crippen molar-refractivity contribution < 1.29 is 9.21 Å². The smallest absolute Gasteiger partial charge is 0.253 e. The first-order valence-electron chi connectivity index (χ1n) is 9.45. The lowest BCUT2D eigenvalue weighted by molar-refractivity contribution is 0.0951. The fraction of sp³-hybridized carbons (Fsp3) is 0.0833. The van der Waals surface area contributed by atoms with Crippen LogP contribution in [0.25, 0.3) is 11.3 Å². The average molecular weight is 383 g/mol. The zero-order valence-electron chi connectivity index (χ0n) is 15.8. The van der Waals surface area contributed by atoms with Gasteiger partial charge in [0.25, 0.3) is 5.91 Å². The van der Waals surface area contributed by atoms with E-state index in [2.05, 4.69) is 15.6 Å². The Bertz CT molecular complexity index is 1080. The highest BCUT2D eigenvalue weighted by molar-refractivity contribution is 5.99. The molecule has 0 atom stereocenters. The van der Waals surface area contributed by atoms with E-state index < -0.39 is 0 Å². The Morgan fingerprint density at radius 1 is 0.828 bits per heavy atom. The molecule has 5 heteroatoms. The molecule has 4 rings (SSSR count). The maximum atomic E-state index is 12.6. The molecule has 0 bridgehead atoms. The van der Waals surface area contributed by atoms with Gasteiger partial charge in [-0.05, 0) is 17.7 Å². The van der Waals surface area contributed by atoms with Crippen molar-refractivity contribution in [2.45, 2.75) is 13.1 Å². The number of nitrogens with zero attached hydrogens (tertiary/aromatic N) is 1. The van der Waals surface area contributed by atoms with E-state index in [0.29, 0.717) is 24.5 Å². The number of hydrogen-bond donors (Lipinski definition) is 2. The molecule has 1 aromatic heterocycles. The average Bonchev–Trinajstić information content (AvgIpc) is 3.27. The summed E-state index contributed by atoms with van der Waals surface area (Å²) in [4.78, 5) is 17.0. The molecule has 0 unspecified atom stereocenters. The lowest BCUT2D eigenvalue weighted by Gasteiger charge is -2.11. The van der Waals surface area contributed by atoms with Crippen molar-refractivity contribution >= 4 is 11.6 Å². The number of anilines is 1. The zero-order chi connectivity index (χ0) is 19.9. The summed E-state index contributed by atoms with van der Waals surface area (Å²) < 4.78 is 5.82. The normalized spacial score (nSPS) is 10.5. The lowest BCUT2D eigenvalue weighted by Crippen LogP contribution is -2.23. The molecule has 0 saturated carbocycles. The molecule has 0 aliphatic carbocycles. The van der Waals surface area contributed by atoms with Crippen molar-refractivity contribution in [1.29, 1.82) is 0 Å². The Morgan fingerprint density at radius 3 is 2.31 bits per heavy atom. The molecule has 0 aliphatic rings. The fourth-order valence-corrected chi connectivity index (χ4v) is 3.01. The van der Waals surface area contributed by atoms with Crippen LogP contribution in [0.4, 0.5) is 5.69 Å². The minimum atomic E-state index is -0.130. The SMILES string of the molecule is O=C(NCc1ccccc1)c1ccccc1NCc1ncc(-c2ccccc2)o1. The molecule has 1 amide bonds. The van der Waals surface area contributed by atoms with E-state index in [1.807, 2.05) is 78.9 Å². The van der Waals surface area contributed by atoms with Crippen LogP contribution >= 0.6 is 0 Å². The third kappa shape index (κ3) is 4.71. The third-order valence-electron chi connectivity index (χ3n) is 4.51. The van der Waals surface area contributed by atoms with Gasteiger partial charge in [0.2, 0.25) is 5.89 Å². The number of aromatic nitrogens is 1. The molecule has 2 N–H and O–H groups in total. The van der Waals surface area contributed by atoms with Crippen LogP contribution in [0.15, 0.2) is 95.5 Å². The first-order chi connectivity index (χ1) is 14.3. The minimum Gasteiger partial charge on any atom is -0.439 e. The Labute approximate surface area is 169 Å². The van der Waals surface area contributed by atoms with Gasteiger partial charge in [0.05, 0.1) is 18.3 Å². The number of para-hydroxylation sites is 1. The van der Waals surface area contributed by atoms with Gasteiger partial charge in [0.15, 0.2) is 5.76 Å². The molecule has 5 nitrogen and oxygen atoms in total. The van der Waals surface area contributed by atoms with Gasteiger partial charge in [-0.3, -0.25) is 4.79 Å². The van der Waals surface area contributed by atoms with Gasteiger partial charge in [0.1, 0.15) is 0 Å². The number of benzene rings is 3. The highest BCUT2D eigenvalue weighted by atomic mass is 16.4. The Hall–Kier alpha value is -3.86. The second-order valence-electron chi connectivity index (χ2n) is 6.55. The number of hydrogen-bond acceptors (Lipinski definition) is 4. The Balaban J connectivity index is 1.41. The highest BCUT2D eigenvalue weighted by Gasteiger charge is 2.12. The molecule has 29 heavy (non-hydrogen) atoms. The summed E-state index contributed by atoms with van der Waals surface area (Å²) in [6, 6.07) is 27.1. The van der Waals surface area contributed by atoms with E-state index in [9.17, 15) is 4.79 Å². The van der Waals surface area contributed by atoms with E-state index in [0.717, 1.165) is 22.6 Å². The van der Waals surface area contributed by atoms with Crippen molar-refractivity contribution in [3.8, 4) is 11.3 Å². The van der Waals surface area contributed by atoms with Crippen LogP contribution in [-0.2, 0) is 13.1 Å². The van der Waals surface area contributed by atoms with Crippen molar-refractivity contribution in [2.24, 2.45) is 0 Å². The van der Waals surface area contributed by atoms with E-state index in [-0.39, 0.29) is 5.91 Å². The van der Waals surface area contributed by atoms with Crippen LogP contribution in [0.3, 0.4) is 0 Å². The Morgan fingerprint density at radius 2 is 1.52 bits per heavy atom. The molecule has 3 aromatic carbocycles. The summed E-state index contributed by atoms with van der Waals surface area (Å²) in [6.45, 7) is 0.865. The fourth-order valence-electron chi connectivity index (χ4n) is 3.01. The summed E-state index contributed by atoms with van der Waals surface area (Å²) in [5.74, 6) is 1.15. The number of nitrogens with one attached hydrogen (secondary N) is 2. The van der Waals surface area contributed by atoms with E-state index >= 15 is 0 Å². The molecule has 0 radical (unpaired) electrons. The molecule has 144 valence electrons. The van der Waals surface area contributed by atoms with Crippen LogP contribution in [-0.4, -0.2) is 10.9 Å². The second-order valence-corrected chi connectivity index (χ2v) is 6.55. The van der Waals surface area contributed by atoms with Crippen molar-refractivity contribution in [2.75, 3.05) is 5.32 Å².